The summed E-state index contributed by atoms with van der Waals surface area (Å²) in [7, 11) is 0. The lowest BCUT2D eigenvalue weighted by Crippen LogP contribution is -2.20. The smallest absolute Gasteiger partial charge is 0.180 e. The Kier molecular flexibility index (Phi) is 4.55. The van der Waals surface area contributed by atoms with Crippen LogP contribution in [0.4, 0.5) is 5.13 Å². The zero-order valence-electron chi connectivity index (χ0n) is 10.3. The Hall–Kier alpha value is -1.59. The maximum Gasteiger partial charge on any atom is 0.180 e. The molecule has 3 N–H and O–H groups in total. The predicted octanol–water partition coefficient (Wildman–Crippen LogP) is 2.20. The lowest BCUT2D eigenvalue weighted by molar-refractivity contribution is 0.312. The van der Waals surface area contributed by atoms with E-state index in [0.717, 1.165) is 29.3 Å². The second-order valence-corrected chi connectivity index (χ2v) is 5.10. The van der Waals surface area contributed by atoms with Gasteiger partial charge in [0.2, 0.25) is 0 Å². The van der Waals surface area contributed by atoms with E-state index >= 15 is 0 Å². The summed E-state index contributed by atoms with van der Waals surface area (Å²) in [4.78, 5) is 5.14. The third-order valence-electron chi connectivity index (χ3n) is 2.50. The Balaban J connectivity index is 1.66. The molecule has 4 nitrogen and oxygen atoms in total. The quantitative estimate of drug-likeness (QED) is 0.784. The van der Waals surface area contributed by atoms with Gasteiger partial charge in [-0.15, -0.1) is 11.3 Å². The minimum Gasteiger partial charge on any atom is -0.492 e. The van der Waals surface area contributed by atoms with Crippen LogP contribution >= 0.6 is 11.3 Å². The molecule has 1 aromatic heterocycles. The summed E-state index contributed by atoms with van der Waals surface area (Å²) in [6, 6.07) is 8.02. The molecule has 0 aliphatic rings. The minimum absolute atomic E-state index is 0.614. The number of ether oxygens (including phenoxy) is 1. The summed E-state index contributed by atoms with van der Waals surface area (Å²) in [5.41, 5.74) is 6.72. The Morgan fingerprint density at radius 2 is 2.22 bits per heavy atom. The Bertz CT molecular complexity index is 498. The van der Waals surface area contributed by atoms with Gasteiger partial charge in [-0.25, -0.2) is 4.98 Å². The molecule has 0 saturated heterocycles. The van der Waals surface area contributed by atoms with Crippen molar-refractivity contribution in [2.24, 2.45) is 0 Å². The molecule has 0 saturated carbocycles. The number of hydrogen-bond donors (Lipinski definition) is 2. The molecule has 0 unspecified atom stereocenters. The maximum atomic E-state index is 5.68. The zero-order chi connectivity index (χ0) is 12.8. The van der Waals surface area contributed by atoms with Crippen molar-refractivity contribution in [3.8, 4) is 5.75 Å². The van der Waals surface area contributed by atoms with Crippen molar-refractivity contribution in [2.75, 3.05) is 18.9 Å². The van der Waals surface area contributed by atoms with Gasteiger partial charge in [0.1, 0.15) is 12.4 Å². The summed E-state index contributed by atoms with van der Waals surface area (Å²) >= 11 is 1.51. The fraction of sp³-hybridized carbons (Fsp3) is 0.308. The SMILES string of the molecule is Cc1ccccc1OCCNCc1cnc(N)s1. The topological polar surface area (TPSA) is 60.2 Å². The van der Waals surface area contributed by atoms with Gasteiger partial charge < -0.3 is 15.8 Å². The first-order valence-electron chi connectivity index (χ1n) is 5.85. The summed E-state index contributed by atoms with van der Waals surface area (Å²) in [5.74, 6) is 0.946. The molecule has 0 bridgehead atoms. The van der Waals surface area contributed by atoms with Crippen LogP contribution in [-0.4, -0.2) is 18.1 Å². The van der Waals surface area contributed by atoms with E-state index < -0.39 is 0 Å². The van der Waals surface area contributed by atoms with Gasteiger partial charge in [0.25, 0.3) is 0 Å². The Labute approximate surface area is 111 Å². The molecule has 96 valence electrons. The maximum absolute atomic E-state index is 5.68. The van der Waals surface area contributed by atoms with Gasteiger partial charge in [0, 0.05) is 24.2 Å². The van der Waals surface area contributed by atoms with Gasteiger partial charge in [0.15, 0.2) is 5.13 Å². The van der Waals surface area contributed by atoms with E-state index in [2.05, 4.69) is 10.3 Å². The van der Waals surface area contributed by atoms with Crippen molar-refractivity contribution in [1.29, 1.82) is 0 Å². The van der Waals surface area contributed by atoms with Crippen LogP contribution in [0.3, 0.4) is 0 Å². The number of aromatic nitrogens is 1. The van der Waals surface area contributed by atoms with Crippen LogP contribution in [0.15, 0.2) is 30.5 Å². The molecular weight excluding hydrogens is 246 g/mol. The molecule has 2 rings (SSSR count). The molecule has 0 atom stereocenters. The van der Waals surface area contributed by atoms with Crippen molar-refractivity contribution in [3.05, 3.63) is 40.9 Å². The zero-order valence-corrected chi connectivity index (χ0v) is 11.2. The fourth-order valence-corrected chi connectivity index (χ4v) is 2.22. The van der Waals surface area contributed by atoms with Gasteiger partial charge in [-0.05, 0) is 18.6 Å². The van der Waals surface area contributed by atoms with Crippen molar-refractivity contribution >= 4 is 16.5 Å². The van der Waals surface area contributed by atoms with Gasteiger partial charge >= 0.3 is 0 Å². The van der Waals surface area contributed by atoms with Crippen molar-refractivity contribution in [3.63, 3.8) is 0 Å². The van der Waals surface area contributed by atoms with Crippen LogP contribution in [-0.2, 0) is 6.54 Å². The van der Waals surface area contributed by atoms with Crippen LogP contribution in [0.1, 0.15) is 10.4 Å². The molecule has 0 spiro atoms. The predicted molar refractivity (Wildman–Crippen MR) is 74.9 cm³/mol. The number of rotatable bonds is 6. The Morgan fingerprint density at radius 3 is 2.94 bits per heavy atom. The monoisotopic (exact) mass is 263 g/mol. The molecule has 0 aliphatic heterocycles. The minimum atomic E-state index is 0.614. The van der Waals surface area contributed by atoms with E-state index in [1.165, 1.54) is 11.3 Å². The number of nitrogens with two attached hydrogens (primary N) is 1. The number of aryl methyl sites for hydroxylation is 1. The number of nitrogens with one attached hydrogen (secondary N) is 1. The van der Waals surface area contributed by atoms with Crippen molar-refractivity contribution in [1.82, 2.24) is 10.3 Å². The number of nitrogen functional groups attached to an aromatic ring is 1. The number of para-hydroxylation sites is 1. The molecule has 0 radical (unpaired) electrons. The molecule has 1 aromatic carbocycles. The van der Waals surface area contributed by atoms with Crippen LogP contribution < -0.4 is 15.8 Å². The van der Waals surface area contributed by atoms with Crippen LogP contribution in [0.5, 0.6) is 5.75 Å². The van der Waals surface area contributed by atoms with E-state index in [1.54, 1.807) is 6.20 Å². The normalized spacial score (nSPS) is 10.5. The second kappa shape index (κ2) is 6.37. The average Bonchev–Trinajstić information content (AvgIpc) is 2.77. The third kappa shape index (κ3) is 3.72. The van der Waals surface area contributed by atoms with Gasteiger partial charge in [-0.2, -0.15) is 0 Å². The second-order valence-electron chi connectivity index (χ2n) is 3.96. The van der Waals surface area contributed by atoms with E-state index in [4.69, 9.17) is 10.5 Å². The van der Waals surface area contributed by atoms with Crippen molar-refractivity contribution in [2.45, 2.75) is 13.5 Å². The molecular formula is C13H17N3OS. The average molecular weight is 263 g/mol. The van der Waals surface area contributed by atoms with E-state index in [1.807, 2.05) is 31.2 Å². The summed E-state index contributed by atoms with van der Waals surface area (Å²) in [6.45, 7) is 4.28. The largest absolute Gasteiger partial charge is 0.492 e. The number of hydrogen-bond acceptors (Lipinski definition) is 5. The first-order chi connectivity index (χ1) is 8.75. The first-order valence-corrected chi connectivity index (χ1v) is 6.66. The standard InChI is InChI=1S/C13H17N3OS/c1-10-4-2-3-5-12(10)17-7-6-15-8-11-9-16-13(14)18-11/h2-5,9,15H,6-8H2,1H3,(H2,14,16). The van der Waals surface area contributed by atoms with Gasteiger partial charge in [0.05, 0.1) is 0 Å². The third-order valence-corrected chi connectivity index (χ3v) is 3.33. The highest BCUT2D eigenvalue weighted by atomic mass is 32.1. The Morgan fingerprint density at radius 1 is 1.39 bits per heavy atom. The number of thiazole rings is 1. The molecule has 5 heteroatoms. The summed E-state index contributed by atoms with van der Waals surface area (Å²) in [6.07, 6.45) is 1.80. The lowest BCUT2D eigenvalue weighted by Gasteiger charge is -2.08. The van der Waals surface area contributed by atoms with E-state index in [0.29, 0.717) is 11.7 Å². The van der Waals surface area contributed by atoms with Crippen molar-refractivity contribution < 1.29 is 4.74 Å². The molecule has 0 fully saturated rings. The van der Waals surface area contributed by atoms with E-state index in [9.17, 15) is 0 Å². The molecule has 18 heavy (non-hydrogen) atoms. The summed E-state index contributed by atoms with van der Waals surface area (Å²) in [5, 5.41) is 3.91. The number of nitrogens with zero attached hydrogens (tertiary/aromatic N) is 1. The highest BCUT2D eigenvalue weighted by Gasteiger charge is 1.99. The highest BCUT2D eigenvalue weighted by molar-refractivity contribution is 7.15. The first kappa shape index (κ1) is 12.9. The van der Waals surface area contributed by atoms with Crippen LogP contribution in [0.2, 0.25) is 0 Å². The van der Waals surface area contributed by atoms with Gasteiger partial charge in [-0.1, -0.05) is 18.2 Å². The fourth-order valence-electron chi connectivity index (χ4n) is 1.57. The molecule has 0 amide bonds. The number of anilines is 1. The molecule has 0 aliphatic carbocycles. The van der Waals surface area contributed by atoms with Gasteiger partial charge in [-0.3, -0.25) is 0 Å². The number of benzene rings is 1. The highest BCUT2D eigenvalue weighted by Crippen LogP contribution is 2.16. The summed E-state index contributed by atoms with van der Waals surface area (Å²) < 4.78 is 5.68. The van der Waals surface area contributed by atoms with Crippen LogP contribution in [0, 0.1) is 6.92 Å². The lowest BCUT2D eigenvalue weighted by atomic mass is 10.2. The molecule has 1 heterocycles. The molecule has 2 aromatic rings. The van der Waals surface area contributed by atoms with Crippen LogP contribution in [0.25, 0.3) is 0 Å². The van der Waals surface area contributed by atoms with E-state index in [-0.39, 0.29) is 0 Å².